The maximum Gasteiger partial charge on any atom is 0.191 e. The minimum atomic E-state index is 0. The highest BCUT2D eigenvalue weighted by Crippen LogP contribution is 2.14. The average molecular weight is 510 g/mol. The number of guanidine groups is 1. The van der Waals surface area contributed by atoms with Crippen molar-refractivity contribution in [3.8, 4) is 0 Å². The second kappa shape index (κ2) is 11.7. The lowest BCUT2D eigenvalue weighted by atomic mass is 10.1. The Balaban J connectivity index is 0.00000280. The maximum atomic E-state index is 6.22. The smallest absolute Gasteiger partial charge is 0.191 e. The molecule has 0 aliphatic carbocycles. The van der Waals surface area contributed by atoms with Crippen LogP contribution in [0.5, 0.6) is 0 Å². The van der Waals surface area contributed by atoms with Gasteiger partial charge in [0.2, 0.25) is 0 Å². The standard InChI is InChI=1S/C21H24ClN5.HI/c1-2-24-21(26-14-19-5-3-4-6-20(19)22)25-13-17-7-9-18(10-8-17)15-27-12-11-23-16-27;/h3-12,16H,2,13-15H2,1H3,(H2,24,25,26);1H. The van der Waals surface area contributed by atoms with E-state index in [0.717, 1.165) is 29.6 Å². The summed E-state index contributed by atoms with van der Waals surface area (Å²) in [5.74, 6) is 0.778. The number of imidazole rings is 1. The summed E-state index contributed by atoms with van der Waals surface area (Å²) in [6.07, 6.45) is 5.58. The Hall–Kier alpha value is -2.06. The molecule has 7 heteroatoms. The third kappa shape index (κ3) is 6.83. The maximum absolute atomic E-state index is 6.22. The minimum Gasteiger partial charge on any atom is -0.357 e. The van der Waals surface area contributed by atoms with E-state index in [-0.39, 0.29) is 24.0 Å². The Bertz CT molecular complexity index is 863. The van der Waals surface area contributed by atoms with Crippen LogP contribution in [0.2, 0.25) is 5.02 Å². The Labute approximate surface area is 188 Å². The van der Waals surface area contributed by atoms with Gasteiger partial charge in [0.05, 0.1) is 12.9 Å². The van der Waals surface area contributed by atoms with E-state index < -0.39 is 0 Å². The van der Waals surface area contributed by atoms with Crippen molar-refractivity contribution < 1.29 is 0 Å². The van der Waals surface area contributed by atoms with Crippen LogP contribution < -0.4 is 10.6 Å². The lowest BCUT2D eigenvalue weighted by molar-refractivity contribution is 0.796. The molecule has 1 aromatic heterocycles. The molecule has 2 N–H and O–H groups in total. The molecule has 148 valence electrons. The van der Waals surface area contributed by atoms with Crippen LogP contribution in [0.4, 0.5) is 0 Å². The van der Waals surface area contributed by atoms with Crippen LogP contribution in [0.1, 0.15) is 23.6 Å². The van der Waals surface area contributed by atoms with Crippen molar-refractivity contribution in [1.29, 1.82) is 0 Å². The second-order valence-electron chi connectivity index (χ2n) is 6.19. The molecule has 0 radical (unpaired) electrons. The summed E-state index contributed by atoms with van der Waals surface area (Å²) >= 11 is 6.22. The fourth-order valence-electron chi connectivity index (χ4n) is 2.67. The molecule has 3 aromatic rings. The second-order valence-corrected chi connectivity index (χ2v) is 6.60. The predicted molar refractivity (Wildman–Crippen MR) is 126 cm³/mol. The first kappa shape index (κ1) is 22.2. The third-order valence-corrected chi connectivity index (χ3v) is 4.48. The van der Waals surface area contributed by atoms with Crippen LogP contribution in [0.25, 0.3) is 0 Å². The lowest BCUT2D eigenvalue weighted by Crippen LogP contribution is -2.36. The molecule has 0 aliphatic rings. The van der Waals surface area contributed by atoms with Gasteiger partial charge in [-0.15, -0.1) is 24.0 Å². The van der Waals surface area contributed by atoms with Gasteiger partial charge in [0.1, 0.15) is 0 Å². The van der Waals surface area contributed by atoms with Gasteiger partial charge < -0.3 is 15.2 Å². The number of aromatic nitrogens is 2. The molecule has 0 fully saturated rings. The Morgan fingerprint density at radius 3 is 2.50 bits per heavy atom. The summed E-state index contributed by atoms with van der Waals surface area (Å²) < 4.78 is 2.05. The van der Waals surface area contributed by atoms with Crippen molar-refractivity contribution in [2.75, 3.05) is 6.54 Å². The number of aliphatic imine (C=N–C) groups is 1. The molecule has 0 spiro atoms. The van der Waals surface area contributed by atoms with Crippen molar-refractivity contribution >= 4 is 41.5 Å². The van der Waals surface area contributed by atoms with Crippen LogP contribution in [0.15, 0.2) is 72.2 Å². The molecule has 2 aromatic carbocycles. The fraction of sp³-hybridized carbons (Fsp3) is 0.238. The minimum absolute atomic E-state index is 0. The first-order valence-corrected chi connectivity index (χ1v) is 9.41. The van der Waals surface area contributed by atoms with E-state index in [2.05, 4.69) is 56.4 Å². The molecule has 5 nitrogen and oxygen atoms in total. The number of hydrogen-bond acceptors (Lipinski definition) is 2. The van der Waals surface area contributed by atoms with E-state index >= 15 is 0 Å². The Morgan fingerprint density at radius 1 is 1.07 bits per heavy atom. The molecule has 0 amide bonds. The van der Waals surface area contributed by atoms with Crippen molar-refractivity contribution in [3.63, 3.8) is 0 Å². The largest absolute Gasteiger partial charge is 0.357 e. The number of nitrogens with zero attached hydrogens (tertiary/aromatic N) is 3. The summed E-state index contributed by atoms with van der Waals surface area (Å²) in [5, 5.41) is 7.36. The summed E-state index contributed by atoms with van der Waals surface area (Å²) in [7, 11) is 0. The molecule has 0 saturated carbocycles. The van der Waals surface area contributed by atoms with Crippen LogP contribution in [0, 0.1) is 0 Å². The van der Waals surface area contributed by atoms with Crippen LogP contribution in [-0.4, -0.2) is 22.1 Å². The molecule has 0 unspecified atom stereocenters. The lowest BCUT2D eigenvalue weighted by Gasteiger charge is -2.12. The van der Waals surface area contributed by atoms with E-state index in [1.165, 1.54) is 11.1 Å². The van der Waals surface area contributed by atoms with Gasteiger partial charge in [-0.05, 0) is 29.7 Å². The quantitative estimate of drug-likeness (QED) is 0.281. The predicted octanol–water partition coefficient (Wildman–Crippen LogP) is 4.46. The molecule has 0 aliphatic heterocycles. The average Bonchev–Trinajstić information content (AvgIpc) is 3.19. The van der Waals surface area contributed by atoms with Gasteiger partial charge >= 0.3 is 0 Å². The van der Waals surface area contributed by atoms with Gasteiger partial charge in [0.25, 0.3) is 0 Å². The van der Waals surface area contributed by atoms with E-state index in [1.54, 1.807) is 6.20 Å². The number of halogens is 2. The molecule has 0 bridgehead atoms. The van der Waals surface area contributed by atoms with Crippen molar-refractivity contribution in [2.24, 2.45) is 4.99 Å². The molecule has 28 heavy (non-hydrogen) atoms. The van der Waals surface area contributed by atoms with Crippen LogP contribution >= 0.6 is 35.6 Å². The number of benzene rings is 2. The first-order valence-electron chi connectivity index (χ1n) is 9.03. The van der Waals surface area contributed by atoms with Gasteiger partial charge in [-0.25, -0.2) is 9.98 Å². The zero-order valence-corrected chi connectivity index (χ0v) is 18.9. The molecule has 3 rings (SSSR count). The Kier molecular flexibility index (Phi) is 9.30. The summed E-state index contributed by atoms with van der Waals surface area (Å²) in [5.41, 5.74) is 3.46. The van der Waals surface area contributed by atoms with E-state index in [1.807, 2.05) is 36.8 Å². The third-order valence-electron chi connectivity index (χ3n) is 4.12. The summed E-state index contributed by atoms with van der Waals surface area (Å²) in [4.78, 5) is 8.74. The van der Waals surface area contributed by atoms with Gasteiger partial charge in [-0.1, -0.05) is 54.1 Å². The molecule has 0 saturated heterocycles. The SMILES string of the molecule is CCNC(=NCc1ccc(Cn2ccnc2)cc1)NCc1ccccc1Cl.I. The van der Waals surface area contributed by atoms with E-state index in [4.69, 9.17) is 11.6 Å². The van der Waals surface area contributed by atoms with Crippen LogP contribution in [-0.2, 0) is 19.6 Å². The molecular formula is C21H25ClIN5. The highest BCUT2D eigenvalue weighted by atomic mass is 127. The van der Waals surface area contributed by atoms with Gasteiger partial charge in [-0.3, -0.25) is 0 Å². The fourth-order valence-corrected chi connectivity index (χ4v) is 2.88. The van der Waals surface area contributed by atoms with E-state index in [9.17, 15) is 0 Å². The van der Waals surface area contributed by atoms with Gasteiger partial charge in [0.15, 0.2) is 5.96 Å². The summed E-state index contributed by atoms with van der Waals surface area (Å²) in [6, 6.07) is 16.3. The monoisotopic (exact) mass is 509 g/mol. The highest BCUT2D eigenvalue weighted by molar-refractivity contribution is 14.0. The van der Waals surface area contributed by atoms with Gasteiger partial charge in [-0.2, -0.15) is 0 Å². The first-order chi connectivity index (χ1) is 13.2. The number of hydrogen-bond donors (Lipinski definition) is 2. The summed E-state index contributed by atoms with van der Waals surface area (Å²) in [6.45, 7) is 4.93. The molecule has 1 heterocycles. The topological polar surface area (TPSA) is 54.2 Å². The zero-order valence-electron chi connectivity index (χ0n) is 15.8. The number of nitrogens with one attached hydrogen (secondary N) is 2. The molecular weight excluding hydrogens is 485 g/mol. The van der Waals surface area contributed by atoms with Crippen molar-refractivity contribution in [3.05, 3.63) is 89.0 Å². The normalized spacial score (nSPS) is 11.0. The molecule has 0 atom stereocenters. The Morgan fingerprint density at radius 2 is 1.82 bits per heavy atom. The zero-order chi connectivity index (χ0) is 18.9. The van der Waals surface area contributed by atoms with Crippen molar-refractivity contribution in [1.82, 2.24) is 20.2 Å². The van der Waals surface area contributed by atoms with E-state index in [0.29, 0.717) is 13.1 Å². The van der Waals surface area contributed by atoms with Crippen molar-refractivity contribution in [2.45, 2.75) is 26.6 Å². The van der Waals surface area contributed by atoms with Gasteiger partial charge in [0, 0.05) is 37.1 Å². The number of rotatable bonds is 7. The van der Waals surface area contributed by atoms with Crippen LogP contribution in [0.3, 0.4) is 0 Å². The highest BCUT2D eigenvalue weighted by Gasteiger charge is 2.02.